The first-order valence-electron chi connectivity index (χ1n) is 6.42. The molecule has 1 rings (SSSR count). The number of rotatable bonds is 3. The lowest BCUT2D eigenvalue weighted by Crippen LogP contribution is -2.36. The van der Waals surface area contributed by atoms with Crippen molar-refractivity contribution in [2.45, 2.75) is 58.8 Å². The van der Waals surface area contributed by atoms with Crippen molar-refractivity contribution >= 4 is 23.5 Å². The Kier molecular flexibility index (Phi) is 4.52. The van der Waals surface area contributed by atoms with E-state index in [0.29, 0.717) is 6.42 Å². The molecule has 0 bridgehead atoms. The fourth-order valence-corrected chi connectivity index (χ4v) is 3.19. The number of Topliss-reactive ketones (excluding diaryl/α,β-unsaturated/α-hetero) is 1. The lowest BCUT2D eigenvalue weighted by Gasteiger charge is -2.29. The zero-order chi connectivity index (χ0) is 14.1. The largest absolute Gasteiger partial charge is 0.460 e. The van der Waals surface area contributed by atoms with E-state index >= 15 is 0 Å². The molecule has 0 aliphatic carbocycles. The molecule has 0 amide bonds. The van der Waals surface area contributed by atoms with E-state index in [1.807, 2.05) is 41.5 Å². The highest BCUT2D eigenvalue weighted by molar-refractivity contribution is 8.01. The third-order valence-corrected chi connectivity index (χ3v) is 4.39. The molecule has 1 aliphatic heterocycles. The van der Waals surface area contributed by atoms with Gasteiger partial charge in [0, 0.05) is 11.7 Å². The van der Waals surface area contributed by atoms with Crippen LogP contribution in [0.15, 0.2) is 0 Å². The van der Waals surface area contributed by atoms with Crippen LogP contribution < -0.4 is 0 Å². The highest BCUT2D eigenvalue weighted by Crippen LogP contribution is 2.37. The molecule has 104 valence electrons. The van der Waals surface area contributed by atoms with E-state index in [0.717, 1.165) is 5.75 Å². The summed E-state index contributed by atoms with van der Waals surface area (Å²) in [4.78, 5) is 24.0. The Balaban J connectivity index is 2.64. The van der Waals surface area contributed by atoms with Gasteiger partial charge in [-0.05, 0) is 48.0 Å². The van der Waals surface area contributed by atoms with Crippen LogP contribution in [0.3, 0.4) is 0 Å². The molecule has 0 spiro atoms. The molecule has 0 aromatic carbocycles. The van der Waals surface area contributed by atoms with Gasteiger partial charge >= 0.3 is 5.97 Å². The van der Waals surface area contributed by atoms with Gasteiger partial charge in [0.2, 0.25) is 0 Å². The number of thioether (sulfide) groups is 1. The zero-order valence-electron chi connectivity index (χ0n) is 12.2. The fraction of sp³-hybridized carbons (Fsp3) is 0.857. The third-order valence-electron chi connectivity index (χ3n) is 3.06. The summed E-state index contributed by atoms with van der Waals surface area (Å²) in [5.74, 6) is 0.878. The lowest BCUT2D eigenvalue weighted by atomic mass is 9.81. The van der Waals surface area contributed by atoms with Crippen LogP contribution in [-0.4, -0.2) is 28.4 Å². The summed E-state index contributed by atoms with van der Waals surface area (Å²) in [6.07, 6.45) is 0.581. The molecule has 0 saturated carbocycles. The van der Waals surface area contributed by atoms with Crippen molar-refractivity contribution in [2.24, 2.45) is 11.3 Å². The molecule has 18 heavy (non-hydrogen) atoms. The molecule has 4 heteroatoms. The average Bonchev–Trinajstić information content (AvgIpc) is 2.46. The number of carbonyl (C=O) groups excluding carboxylic acids is 2. The van der Waals surface area contributed by atoms with E-state index in [9.17, 15) is 9.59 Å². The van der Waals surface area contributed by atoms with Crippen LogP contribution in [-0.2, 0) is 14.3 Å². The molecular formula is C14H24O3S. The molecule has 3 nitrogen and oxygen atoms in total. The molecule has 2 atom stereocenters. The molecule has 0 radical (unpaired) electrons. The molecule has 0 N–H and O–H groups in total. The highest BCUT2D eigenvalue weighted by atomic mass is 32.2. The van der Waals surface area contributed by atoms with Crippen molar-refractivity contribution in [3.8, 4) is 0 Å². The van der Waals surface area contributed by atoms with Gasteiger partial charge in [-0.15, -0.1) is 0 Å². The number of carbonyl (C=O) groups is 2. The Bertz CT molecular complexity index is 341. The van der Waals surface area contributed by atoms with Crippen molar-refractivity contribution < 1.29 is 14.3 Å². The Hall–Kier alpha value is -0.510. The molecule has 1 aliphatic rings. The fourth-order valence-electron chi connectivity index (χ4n) is 2.03. The first-order valence-corrected chi connectivity index (χ1v) is 7.46. The molecule has 1 saturated heterocycles. The van der Waals surface area contributed by atoms with Crippen LogP contribution in [0.4, 0.5) is 0 Å². The van der Waals surface area contributed by atoms with Gasteiger partial charge in [-0.3, -0.25) is 9.59 Å². The standard InChI is InChI=1S/C14H24O3S/c1-9-11(15)10(8-18-9)7-14(5,6)12(16)17-13(2,3)4/h9-10H,7-8H2,1-6H3. The van der Waals surface area contributed by atoms with Gasteiger partial charge in [0.1, 0.15) is 11.4 Å². The van der Waals surface area contributed by atoms with E-state index in [2.05, 4.69) is 0 Å². The number of hydrogen-bond donors (Lipinski definition) is 0. The van der Waals surface area contributed by atoms with E-state index in [-0.39, 0.29) is 22.9 Å². The number of esters is 1. The first-order chi connectivity index (χ1) is 8.03. The first kappa shape index (κ1) is 15.5. The Labute approximate surface area is 114 Å². The van der Waals surface area contributed by atoms with Gasteiger partial charge in [-0.1, -0.05) is 0 Å². The van der Waals surface area contributed by atoms with E-state index in [1.165, 1.54) is 0 Å². The van der Waals surface area contributed by atoms with Crippen LogP contribution in [0, 0.1) is 11.3 Å². The monoisotopic (exact) mass is 272 g/mol. The quantitative estimate of drug-likeness (QED) is 0.741. The summed E-state index contributed by atoms with van der Waals surface area (Å²) < 4.78 is 5.42. The van der Waals surface area contributed by atoms with Gasteiger partial charge in [-0.2, -0.15) is 11.8 Å². The number of hydrogen-bond acceptors (Lipinski definition) is 4. The summed E-state index contributed by atoms with van der Waals surface area (Å²) >= 11 is 1.68. The maximum absolute atomic E-state index is 12.1. The number of ketones is 1. The van der Waals surface area contributed by atoms with Gasteiger partial charge in [0.15, 0.2) is 0 Å². The van der Waals surface area contributed by atoms with E-state index < -0.39 is 11.0 Å². The normalized spacial score (nSPS) is 25.3. The van der Waals surface area contributed by atoms with Gasteiger partial charge in [0.25, 0.3) is 0 Å². The second-order valence-corrected chi connectivity index (χ2v) is 8.04. The summed E-state index contributed by atoms with van der Waals surface area (Å²) in [6.45, 7) is 11.2. The van der Waals surface area contributed by atoms with Crippen LogP contribution in [0.5, 0.6) is 0 Å². The summed E-state index contributed by atoms with van der Waals surface area (Å²) in [7, 11) is 0. The minimum atomic E-state index is -0.599. The maximum Gasteiger partial charge on any atom is 0.312 e. The van der Waals surface area contributed by atoms with Crippen LogP contribution in [0.2, 0.25) is 0 Å². The molecule has 1 heterocycles. The van der Waals surface area contributed by atoms with Gasteiger partial charge < -0.3 is 4.74 Å². The highest BCUT2D eigenvalue weighted by Gasteiger charge is 2.40. The predicted molar refractivity (Wildman–Crippen MR) is 74.7 cm³/mol. The van der Waals surface area contributed by atoms with Gasteiger partial charge in [0.05, 0.1) is 10.7 Å². The second kappa shape index (κ2) is 5.24. The molecular weight excluding hydrogens is 248 g/mol. The average molecular weight is 272 g/mol. The lowest BCUT2D eigenvalue weighted by molar-refractivity contribution is -0.166. The van der Waals surface area contributed by atoms with E-state index in [4.69, 9.17) is 4.74 Å². The summed E-state index contributed by atoms with van der Waals surface area (Å²) in [5, 5.41) is 0.0736. The number of ether oxygens (including phenoxy) is 1. The molecule has 0 aromatic rings. The Morgan fingerprint density at radius 1 is 1.33 bits per heavy atom. The molecule has 1 fully saturated rings. The SMILES string of the molecule is CC1SCC(CC(C)(C)C(=O)OC(C)(C)C)C1=O. The summed E-state index contributed by atoms with van der Waals surface area (Å²) in [6, 6.07) is 0. The van der Waals surface area contributed by atoms with Gasteiger partial charge in [-0.25, -0.2) is 0 Å². The topological polar surface area (TPSA) is 43.4 Å². The minimum absolute atomic E-state index is 0.00693. The van der Waals surface area contributed by atoms with Crippen molar-refractivity contribution in [1.29, 1.82) is 0 Å². The molecule has 0 aromatic heterocycles. The zero-order valence-corrected chi connectivity index (χ0v) is 13.0. The third kappa shape index (κ3) is 4.01. The van der Waals surface area contributed by atoms with Crippen LogP contribution >= 0.6 is 11.8 Å². The maximum atomic E-state index is 12.1. The molecule has 2 unspecified atom stereocenters. The van der Waals surface area contributed by atoms with Crippen molar-refractivity contribution in [2.75, 3.05) is 5.75 Å². The summed E-state index contributed by atoms with van der Waals surface area (Å²) in [5.41, 5.74) is -1.08. The van der Waals surface area contributed by atoms with Crippen molar-refractivity contribution in [3.05, 3.63) is 0 Å². The van der Waals surface area contributed by atoms with E-state index in [1.54, 1.807) is 11.8 Å². The minimum Gasteiger partial charge on any atom is -0.460 e. The Morgan fingerprint density at radius 2 is 1.89 bits per heavy atom. The Morgan fingerprint density at radius 3 is 2.28 bits per heavy atom. The second-order valence-electron chi connectivity index (χ2n) is 6.66. The predicted octanol–water partition coefficient (Wildman–Crippen LogP) is 3.07. The van der Waals surface area contributed by atoms with Crippen molar-refractivity contribution in [1.82, 2.24) is 0 Å². The van der Waals surface area contributed by atoms with Crippen molar-refractivity contribution in [3.63, 3.8) is 0 Å². The van der Waals surface area contributed by atoms with Crippen LogP contribution in [0.25, 0.3) is 0 Å². The van der Waals surface area contributed by atoms with Crippen LogP contribution in [0.1, 0.15) is 48.0 Å². The smallest absolute Gasteiger partial charge is 0.312 e.